The highest BCUT2D eigenvalue weighted by Gasteiger charge is 2.15. The molecule has 0 unspecified atom stereocenters. The summed E-state index contributed by atoms with van der Waals surface area (Å²) in [6, 6.07) is 15.8. The topological polar surface area (TPSA) is 111 Å². The number of carbonyl (C=O) groups excluding carboxylic acids is 1. The van der Waals surface area contributed by atoms with Gasteiger partial charge in [-0.1, -0.05) is 61.5 Å². The number of sulfonamides is 1. The van der Waals surface area contributed by atoms with Crippen LogP contribution in [0.25, 0.3) is 11.4 Å². The molecule has 9 heteroatoms. The van der Waals surface area contributed by atoms with E-state index in [-0.39, 0.29) is 30.4 Å². The van der Waals surface area contributed by atoms with Gasteiger partial charge in [-0.15, -0.1) is 0 Å². The Morgan fingerprint density at radius 1 is 1.10 bits per heavy atom. The van der Waals surface area contributed by atoms with Crippen LogP contribution in [-0.4, -0.2) is 31.1 Å². The normalized spacial score (nSPS) is 11.6. The van der Waals surface area contributed by atoms with Crippen molar-refractivity contribution in [3.63, 3.8) is 0 Å². The number of hydrogen-bond acceptors (Lipinski definition) is 7. The van der Waals surface area contributed by atoms with E-state index in [0.717, 1.165) is 5.56 Å². The number of nitrogens with zero attached hydrogens (tertiary/aromatic N) is 2. The lowest BCUT2D eigenvalue weighted by molar-refractivity contribution is -0.145. The monoisotopic (exact) mass is 429 g/mol. The van der Waals surface area contributed by atoms with Gasteiger partial charge in [0.2, 0.25) is 15.8 Å². The number of aromatic nitrogens is 2. The van der Waals surface area contributed by atoms with E-state index >= 15 is 0 Å². The van der Waals surface area contributed by atoms with Crippen LogP contribution < -0.4 is 4.72 Å². The van der Waals surface area contributed by atoms with E-state index in [4.69, 9.17) is 9.26 Å². The van der Waals surface area contributed by atoms with Crippen LogP contribution >= 0.6 is 0 Å². The highest BCUT2D eigenvalue weighted by molar-refractivity contribution is 7.89. The Hall–Kier alpha value is -3.04. The number of hydrogen-bond donors (Lipinski definition) is 1. The predicted molar refractivity (Wildman–Crippen MR) is 110 cm³/mol. The number of ether oxygens (including phenoxy) is 1. The Labute approximate surface area is 175 Å². The smallest absolute Gasteiger partial charge is 0.307 e. The predicted octanol–water partition coefficient (Wildman–Crippen LogP) is 3.27. The molecule has 30 heavy (non-hydrogen) atoms. The van der Waals surface area contributed by atoms with Gasteiger partial charge < -0.3 is 9.26 Å². The average molecular weight is 429 g/mol. The van der Waals surface area contributed by atoms with Crippen molar-refractivity contribution in [2.45, 2.75) is 37.7 Å². The van der Waals surface area contributed by atoms with Crippen LogP contribution in [-0.2, 0) is 26.2 Å². The Morgan fingerprint density at radius 2 is 1.80 bits per heavy atom. The largest absolute Gasteiger partial charge is 0.456 e. The molecule has 0 spiro atoms. The fourth-order valence-corrected chi connectivity index (χ4v) is 3.69. The van der Waals surface area contributed by atoms with Crippen molar-refractivity contribution in [3.05, 3.63) is 66.1 Å². The summed E-state index contributed by atoms with van der Waals surface area (Å²) in [5.41, 5.74) is 2.01. The van der Waals surface area contributed by atoms with E-state index < -0.39 is 16.0 Å². The maximum atomic E-state index is 12.1. The first-order valence-electron chi connectivity index (χ1n) is 9.48. The molecule has 0 aliphatic rings. The highest BCUT2D eigenvalue weighted by Crippen LogP contribution is 2.20. The minimum atomic E-state index is -3.66. The molecule has 0 saturated carbocycles. The molecule has 0 amide bonds. The molecule has 8 nitrogen and oxygen atoms in total. The fourth-order valence-electron chi connectivity index (χ4n) is 2.63. The van der Waals surface area contributed by atoms with Crippen LogP contribution in [0.4, 0.5) is 0 Å². The number of carbonyl (C=O) groups is 1. The minimum absolute atomic E-state index is 0.0760. The number of benzene rings is 2. The molecule has 1 N–H and O–H groups in total. The van der Waals surface area contributed by atoms with E-state index in [1.807, 2.05) is 24.3 Å². The Bertz CT molecular complexity index is 1080. The van der Waals surface area contributed by atoms with Crippen molar-refractivity contribution in [3.8, 4) is 11.4 Å². The van der Waals surface area contributed by atoms with Gasteiger partial charge in [0, 0.05) is 12.1 Å². The Kier molecular flexibility index (Phi) is 6.96. The van der Waals surface area contributed by atoms with Gasteiger partial charge in [0.25, 0.3) is 5.89 Å². The van der Waals surface area contributed by atoms with Gasteiger partial charge in [-0.25, -0.2) is 13.1 Å². The highest BCUT2D eigenvalue weighted by atomic mass is 32.2. The zero-order chi connectivity index (χ0) is 21.6. The van der Waals surface area contributed by atoms with Gasteiger partial charge in [-0.05, 0) is 23.6 Å². The lowest BCUT2D eigenvalue weighted by Gasteiger charge is -2.06. The van der Waals surface area contributed by atoms with Crippen LogP contribution in [0.3, 0.4) is 0 Å². The molecule has 1 aromatic heterocycles. The summed E-state index contributed by atoms with van der Waals surface area (Å²) < 4.78 is 36.7. The third-order valence-electron chi connectivity index (χ3n) is 4.33. The Balaban J connectivity index is 1.46. The van der Waals surface area contributed by atoms with Crippen molar-refractivity contribution < 1.29 is 22.5 Å². The standard InChI is InChI=1S/C21H23N3O5S/c1-15(2)16-8-10-17(11-9-16)21-23-19(29-24-21)14-28-20(25)12-13-22-30(26,27)18-6-4-3-5-7-18/h3-11,15,22H,12-14H2,1-2H3. The first-order chi connectivity index (χ1) is 14.3. The maximum absolute atomic E-state index is 12.1. The molecular formula is C21H23N3O5S. The molecule has 1 heterocycles. The molecular weight excluding hydrogens is 406 g/mol. The van der Waals surface area contributed by atoms with Crippen LogP contribution in [0.15, 0.2) is 64.0 Å². The lowest BCUT2D eigenvalue weighted by atomic mass is 10.0. The number of esters is 1. The fraction of sp³-hybridized carbons (Fsp3) is 0.286. The molecule has 0 radical (unpaired) electrons. The first kappa shape index (κ1) is 21.7. The summed E-state index contributed by atoms with van der Waals surface area (Å²) in [6.45, 7) is 3.97. The third kappa shape index (κ3) is 5.74. The van der Waals surface area contributed by atoms with Crippen molar-refractivity contribution in [1.29, 1.82) is 0 Å². The van der Waals surface area contributed by atoms with Gasteiger partial charge in [-0.3, -0.25) is 4.79 Å². The van der Waals surface area contributed by atoms with Gasteiger partial charge in [-0.2, -0.15) is 4.98 Å². The van der Waals surface area contributed by atoms with E-state index in [2.05, 4.69) is 28.7 Å². The van der Waals surface area contributed by atoms with Gasteiger partial charge >= 0.3 is 5.97 Å². The summed E-state index contributed by atoms with van der Waals surface area (Å²) in [4.78, 5) is 16.2. The molecule has 0 aliphatic heterocycles. The number of nitrogens with one attached hydrogen (secondary N) is 1. The summed E-state index contributed by atoms with van der Waals surface area (Å²) in [5, 5.41) is 3.90. The Morgan fingerprint density at radius 3 is 2.47 bits per heavy atom. The van der Waals surface area contributed by atoms with E-state index in [1.165, 1.54) is 17.7 Å². The van der Waals surface area contributed by atoms with Gasteiger partial charge in [0.05, 0.1) is 11.3 Å². The van der Waals surface area contributed by atoms with Crippen LogP contribution in [0.1, 0.15) is 37.6 Å². The second-order valence-electron chi connectivity index (χ2n) is 6.91. The first-order valence-corrected chi connectivity index (χ1v) is 11.0. The summed E-state index contributed by atoms with van der Waals surface area (Å²) >= 11 is 0. The second-order valence-corrected chi connectivity index (χ2v) is 8.68. The molecule has 3 aromatic rings. The van der Waals surface area contributed by atoms with Gasteiger partial charge in [0.1, 0.15) is 0 Å². The molecule has 0 saturated heterocycles. The average Bonchev–Trinajstić information content (AvgIpc) is 3.22. The number of rotatable bonds is 9. The van der Waals surface area contributed by atoms with Crippen LogP contribution in [0, 0.1) is 0 Å². The van der Waals surface area contributed by atoms with Crippen LogP contribution in [0.2, 0.25) is 0 Å². The van der Waals surface area contributed by atoms with Crippen molar-refractivity contribution in [2.75, 3.05) is 6.54 Å². The van der Waals surface area contributed by atoms with E-state index in [1.54, 1.807) is 18.2 Å². The van der Waals surface area contributed by atoms with Crippen molar-refractivity contribution >= 4 is 16.0 Å². The summed E-state index contributed by atoms with van der Waals surface area (Å²) in [7, 11) is -3.66. The molecule has 3 rings (SSSR count). The molecule has 0 atom stereocenters. The molecule has 0 bridgehead atoms. The molecule has 2 aromatic carbocycles. The quantitative estimate of drug-likeness (QED) is 0.520. The summed E-state index contributed by atoms with van der Waals surface area (Å²) in [6.07, 6.45) is -0.121. The minimum Gasteiger partial charge on any atom is -0.456 e. The molecule has 0 aliphatic carbocycles. The maximum Gasteiger partial charge on any atom is 0.307 e. The zero-order valence-corrected chi connectivity index (χ0v) is 17.6. The SMILES string of the molecule is CC(C)c1ccc(-c2noc(COC(=O)CCNS(=O)(=O)c3ccccc3)n2)cc1. The van der Waals surface area contributed by atoms with Crippen LogP contribution in [0.5, 0.6) is 0 Å². The van der Waals surface area contributed by atoms with Gasteiger partial charge in [0.15, 0.2) is 6.61 Å². The van der Waals surface area contributed by atoms with Crippen molar-refractivity contribution in [2.24, 2.45) is 0 Å². The zero-order valence-electron chi connectivity index (χ0n) is 16.7. The van der Waals surface area contributed by atoms with E-state index in [0.29, 0.717) is 11.7 Å². The van der Waals surface area contributed by atoms with Crippen molar-refractivity contribution in [1.82, 2.24) is 14.9 Å². The third-order valence-corrected chi connectivity index (χ3v) is 5.81. The second kappa shape index (κ2) is 9.64. The molecule has 0 fully saturated rings. The lowest BCUT2D eigenvalue weighted by Crippen LogP contribution is -2.26. The summed E-state index contributed by atoms with van der Waals surface area (Å²) in [5.74, 6) is 0.423. The molecule has 158 valence electrons. The van der Waals surface area contributed by atoms with E-state index in [9.17, 15) is 13.2 Å².